The zero-order chi connectivity index (χ0) is 99.2. The molecule has 0 bridgehead atoms. The molecule has 744 valence electrons. The van der Waals surface area contributed by atoms with Gasteiger partial charge in [-0.05, 0) is 157 Å². The Kier molecular flexibility index (Phi) is 34.7. The van der Waals surface area contributed by atoms with E-state index in [2.05, 4.69) is 109 Å². The third-order valence-corrected chi connectivity index (χ3v) is 24.1. The molecule has 0 radical (unpaired) electrons. The monoisotopic (exact) mass is 1940 g/mol. The quantitative estimate of drug-likeness (QED) is 0.0192. The molecule has 139 heavy (non-hydrogen) atoms. The van der Waals surface area contributed by atoms with Crippen molar-refractivity contribution < 1.29 is 96.9 Å². The number of pyridine rings is 3. The van der Waals surface area contributed by atoms with Gasteiger partial charge in [-0.3, -0.25) is 59.4 Å². The van der Waals surface area contributed by atoms with Crippen LogP contribution < -0.4 is 36.0 Å². The van der Waals surface area contributed by atoms with Crippen molar-refractivity contribution in [2.75, 3.05) is 175 Å². The van der Waals surface area contributed by atoms with E-state index < -0.39 is 59.4 Å². The summed E-state index contributed by atoms with van der Waals surface area (Å²) >= 11 is 0. The molecular formula is C93H112F9N25O12. The van der Waals surface area contributed by atoms with Crippen LogP contribution in [0.2, 0.25) is 0 Å². The second-order valence-corrected chi connectivity index (χ2v) is 33.9. The van der Waals surface area contributed by atoms with E-state index in [0.717, 1.165) is 130 Å². The van der Waals surface area contributed by atoms with Gasteiger partial charge < -0.3 is 48.9 Å². The molecule has 0 unspecified atom stereocenters. The first-order chi connectivity index (χ1) is 66.6. The van der Waals surface area contributed by atoms with Crippen LogP contribution in [0.15, 0.2) is 111 Å². The van der Waals surface area contributed by atoms with Gasteiger partial charge >= 0.3 is 36.8 Å². The Morgan fingerprint density at radius 3 is 0.971 bits per heavy atom. The number of halogens is 9. The van der Waals surface area contributed by atoms with Crippen molar-refractivity contribution in [2.45, 2.75) is 149 Å². The molecule has 6 fully saturated rings. The lowest BCUT2D eigenvalue weighted by Crippen LogP contribution is -2.50. The maximum atomic E-state index is 14.3. The van der Waals surface area contributed by atoms with E-state index in [1.807, 2.05) is 18.2 Å². The summed E-state index contributed by atoms with van der Waals surface area (Å²) in [5, 5.41) is 22.7. The first-order valence-corrected chi connectivity index (χ1v) is 46.3. The molecule has 37 nitrogen and oxygen atoms in total. The Morgan fingerprint density at radius 2 is 0.691 bits per heavy atom. The van der Waals surface area contributed by atoms with Gasteiger partial charge in [-0.2, -0.15) is 39.5 Å². The number of piperazine rings is 3. The van der Waals surface area contributed by atoms with Gasteiger partial charge in [0.2, 0.25) is 23.6 Å². The average Bonchev–Trinajstić information content (AvgIpc) is 1.63. The summed E-state index contributed by atoms with van der Waals surface area (Å²) in [7, 11) is 0. The zero-order valence-corrected chi connectivity index (χ0v) is 77.7. The molecule has 46 heteroatoms. The largest absolute Gasteiger partial charge is 0.450 e. The topological polar surface area (TPSA) is 388 Å². The number of amides is 7. The van der Waals surface area contributed by atoms with Crippen molar-refractivity contribution in [3.63, 3.8) is 0 Å². The molecule has 0 aromatic carbocycles. The highest BCUT2D eigenvalue weighted by Crippen LogP contribution is 2.43. The molecule has 9 aromatic rings. The maximum absolute atomic E-state index is 14.3. The molecule has 0 atom stereocenters. The molecule has 15 heterocycles. The lowest BCUT2D eigenvalue weighted by molar-refractivity contribution is -0.137. The Morgan fingerprint density at radius 1 is 0.388 bits per heavy atom. The Labute approximate surface area is 794 Å². The number of nitrogens with zero attached hydrogens (tertiary/aromatic N) is 21. The number of fused-ring (bicyclic) bond motifs is 3. The summed E-state index contributed by atoms with van der Waals surface area (Å²) in [5.74, 6) is -0.600. The number of alkyl halides is 9. The summed E-state index contributed by atoms with van der Waals surface area (Å²) in [5.41, 5.74) is 0.712. The molecule has 6 saturated heterocycles. The van der Waals surface area contributed by atoms with Crippen LogP contribution in [0.4, 0.5) is 88.8 Å². The number of allylic oxidation sites excluding steroid dienone is 3. The zero-order valence-electron chi connectivity index (χ0n) is 77.7. The van der Waals surface area contributed by atoms with Crippen molar-refractivity contribution in [1.29, 1.82) is 0 Å². The Bertz CT molecular complexity index is 5710. The first kappa shape index (κ1) is 103. The fourth-order valence-corrected chi connectivity index (χ4v) is 17.1. The van der Waals surface area contributed by atoms with Crippen molar-refractivity contribution in [3.05, 3.63) is 144 Å². The van der Waals surface area contributed by atoms with Crippen LogP contribution in [0, 0.1) is 0 Å². The molecule has 6 aliphatic heterocycles. The number of nitrogens with one attached hydrogen (secondary N) is 4. The number of rotatable bonds is 29. The minimum atomic E-state index is -4.78. The van der Waals surface area contributed by atoms with E-state index in [1.54, 1.807) is 80.6 Å². The fraction of sp³-hybridized carbons (Fsp3) is 0.484. The summed E-state index contributed by atoms with van der Waals surface area (Å²) in [4.78, 5) is 152. The first-order valence-electron chi connectivity index (χ1n) is 46.3. The van der Waals surface area contributed by atoms with Gasteiger partial charge in [-0.15, -0.1) is 15.3 Å². The van der Waals surface area contributed by atoms with Gasteiger partial charge in [-0.1, -0.05) is 19.2 Å². The molecule has 0 spiro atoms. The number of ether oxygens (including phenoxy) is 3. The predicted molar refractivity (Wildman–Crippen MR) is 496 cm³/mol. The second kappa shape index (κ2) is 47.0. The Hall–Kier alpha value is -13.8. The molecular weight excluding hydrogens is 1830 g/mol. The number of carbonyl (C=O) groups is 9. The Balaban J connectivity index is 0.000000176. The van der Waals surface area contributed by atoms with Crippen LogP contribution in [-0.4, -0.2) is 286 Å². The molecule has 15 rings (SSSR count). The predicted octanol–water partition coefficient (Wildman–Crippen LogP) is 12.8. The third-order valence-electron chi connectivity index (χ3n) is 24.1. The number of anilines is 6. The summed E-state index contributed by atoms with van der Waals surface area (Å²) in [6.07, 6.45) is 6.35. The van der Waals surface area contributed by atoms with Gasteiger partial charge in [0.15, 0.2) is 46.5 Å². The molecule has 4 N–H and O–H groups in total. The van der Waals surface area contributed by atoms with Crippen LogP contribution in [-0.2, 0) is 81.1 Å². The van der Waals surface area contributed by atoms with Crippen LogP contribution in [0.3, 0.4) is 0 Å². The smallest absolute Gasteiger partial charge is 0.417 e. The van der Waals surface area contributed by atoms with Gasteiger partial charge in [-0.25, -0.2) is 57.8 Å². The van der Waals surface area contributed by atoms with Crippen molar-refractivity contribution >= 4 is 105 Å². The van der Waals surface area contributed by atoms with E-state index in [0.29, 0.717) is 158 Å². The average molecular weight is 1940 g/mol. The minimum Gasteiger partial charge on any atom is -0.450 e. The minimum absolute atomic E-state index is 0.0384. The highest BCUT2D eigenvalue weighted by atomic mass is 19.4. The number of aromatic nitrogens is 12. The fourth-order valence-electron chi connectivity index (χ4n) is 17.1. The van der Waals surface area contributed by atoms with Crippen molar-refractivity contribution in [3.8, 4) is 34.2 Å². The molecule has 9 aromatic heterocycles. The van der Waals surface area contributed by atoms with Crippen LogP contribution in [0.5, 0.6) is 0 Å². The van der Waals surface area contributed by atoms with Gasteiger partial charge in [0, 0.05) is 200 Å². The van der Waals surface area contributed by atoms with Crippen LogP contribution >= 0.6 is 0 Å². The van der Waals surface area contributed by atoms with E-state index in [-0.39, 0.29) is 133 Å². The number of ketones is 2. The number of hydrogen-bond donors (Lipinski definition) is 4. The number of hydrogen-bond acceptors (Lipinski definition) is 27. The number of carbonyl (C=O) groups excluding carboxylic acids is 9. The molecule has 6 aliphatic rings. The van der Waals surface area contributed by atoms with Crippen molar-refractivity contribution in [2.24, 2.45) is 0 Å². The summed E-state index contributed by atoms with van der Waals surface area (Å²) < 4.78 is 148. The summed E-state index contributed by atoms with van der Waals surface area (Å²) in [6, 6.07) is 8.13. The molecule has 7 amide bonds. The lowest BCUT2D eigenvalue weighted by Gasteiger charge is -2.34. The highest BCUT2D eigenvalue weighted by Gasteiger charge is 2.41. The van der Waals surface area contributed by atoms with Gasteiger partial charge in [0.1, 0.15) is 34.0 Å². The normalized spacial score (nSPS) is 16.0. The van der Waals surface area contributed by atoms with Gasteiger partial charge in [0.25, 0.3) is 0 Å². The van der Waals surface area contributed by atoms with Crippen LogP contribution in [0.25, 0.3) is 50.7 Å². The second-order valence-electron chi connectivity index (χ2n) is 33.9. The van der Waals surface area contributed by atoms with E-state index >= 15 is 0 Å². The molecule has 0 aliphatic carbocycles. The highest BCUT2D eigenvalue weighted by molar-refractivity contribution is 5.94. The van der Waals surface area contributed by atoms with E-state index in [9.17, 15) is 82.7 Å². The van der Waals surface area contributed by atoms with Crippen molar-refractivity contribution in [1.82, 2.24) is 93.5 Å². The van der Waals surface area contributed by atoms with E-state index in [4.69, 9.17) is 14.2 Å². The lowest BCUT2D eigenvalue weighted by atomic mass is 10.1. The SMILES string of the molecule is C/C=C\C(=O)CCC(=O)N1CCN(Cc2cc3c(N4CCCCC4)nc(-c4cnc(NC(=O)OCC)cc4C(F)(F)F)nn3c2)CC1.C=CC(=O)CCC(=O)N1CCN(Cc2cc3c(N4CCCCC4)nc(-c4cnc(NC(=O)OCC)cc4C(F)(F)F)nn3c2)CC1.C=CC(=O)NCC(=O)N1CCN(Cc2cc3c(N4CCCCC4)nc(-c4cnc(NC(=O)OCC)cc4C(F)(F)F)nn3c2)CC1. The van der Waals surface area contributed by atoms with E-state index in [1.165, 1.54) is 12.2 Å². The third kappa shape index (κ3) is 27.4. The summed E-state index contributed by atoms with van der Waals surface area (Å²) in [6.45, 7) is 26.2. The number of piperidine rings is 3. The van der Waals surface area contributed by atoms with Crippen LogP contribution in [0.1, 0.15) is 145 Å². The van der Waals surface area contributed by atoms with Gasteiger partial charge in [0.05, 0.1) is 59.7 Å². The molecule has 0 saturated carbocycles. The maximum Gasteiger partial charge on any atom is 0.417 e. The standard InChI is InChI=1S/C32H39F3N8O4.C31H37F3N8O4.C30H36F3N9O4/c1-3-8-23(44)9-10-28(45)41-15-13-40(14-16-41)20-22-17-26-30(42-11-6-5-7-12-42)38-29(39-43(26)21-22)24-19-36-27(37-31(46)47-4-2)18-25(24)32(33,34)35;1-3-22(43)8-9-27(44)40-14-12-39(13-15-40)19-21-16-25-29(41-10-6-5-7-11-41)37-28(38-42(25)20-21)23-18-35-26(36-30(45)46-4-2)17-24(23)31(32,33)34;1-3-25(43)35-17-26(44)40-12-10-39(11-13-40)18-20-14-23-28(41-8-6-5-7-9-41)37-27(38-42(23)19-20)21-16-34-24(36-29(45)46-4-2)15-22(21)30(31,32)33/h3,8,17-19,21H,4-7,9-16,20H2,1-2H3,(H,36,37,46);3,16-18,20H,1,4-15,19H2,2H3,(H,35,36,45);3,14-16,19H,1,4-13,17-18H2,2H3,(H,35,43)(H,34,36,45)/b8-3-;;.